The van der Waals surface area contributed by atoms with Crippen molar-refractivity contribution in [2.24, 2.45) is 9.50 Å². The van der Waals surface area contributed by atoms with E-state index in [1.807, 2.05) is 121 Å². The van der Waals surface area contributed by atoms with Crippen LogP contribution in [0.3, 0.4) is 0 Å². The number of benzene rings is 4. The fraction of sp³-hybridized carbons (Fsp3) is 0.0857. The number of para-hydroxylation sites is 1. The molecule has 0 amide bonds. The molecule has 7 nitrogen and oxygen atoms in total. The van der Waals surface area contributed by atoms with Crippen molar-refractivity contribution in [2.75, 3.05) is 5.01 Å². The highest BCUT2D eigenvalue weighted by Crippen LogP contribution is 2.51. The van der Waals surface area contributed by atoms with Gasteiger partial charge in [0.15, 0.2) is 5.54 Å². The molecule has 8 heteroatoms. The molecule has 2 unspecified atom stereocenters. The molecule has 5 aromatic rings. The molecular weight excluding hydrogens is 558 g/mol. The largest absolute Gasteiger partial charge is 0.469 e. The minimum Gasteiger partial charge on any atom is -0.469 e. The number of hydrogen-bond donors (Lipinski definition) is 0. The van der Waals surface area contributed by atoms with Gasteiger partial charge in [-0.2, -0.15) is 13.5 Å². The maximum atomic E-state index is 13.9. The summed E-state index contributed by atoms with van der Waals surface area (Å²) in [4.78, 5) is 0.0699. The molecule has 7 rings (SSSR count). The van der Waals surface area contributed by atoms with E-state index in [9.17, 15) is 8.42 Å². The van der Waals surface area contributed by atoms with Gasteiger partial charge in [-0.05, 0) is 55.0 Å². The smallest absolute Gasteiger partial charge is 0.285 e. The first-order valence-electron chi connectivity index (χ1n) is 13.9. The fourth-order valence-corrected chi connectivity index (χ4v) is 6.59. The first-order chi connectivity index (χ1) is 21.0. The van der Waals surface area contributed by atoms with Crippen LogP contribution in [0, 0.1) is 6.92 Å². The number of ether oxygens (including phenoxy) is 1. The van der Waals surface area contributed by atoms with Gasteiger partial charge in [0, 0.05) is 5.56 Å². The number of furan rings is 1. The van der Waals surface area contributed by atoms with E-state index in [-0.39, 0.29) is 10.8 Å². The Labute approximate surface area is 250 Å². The number of hydrazone groups is 1. The van der Waals surface area contributed by atoms with Crippen LogP contribution in [0.2, 0.25) is 0 Å². The monoisotopic (exact) mass is 585 g/mol. The van der Waals surface area contributed by atoms with Crippen LogP contribution in [0.15, 0.2) is 159 Å². The minimum atomic E-state index is -4.19. The first-order valence-corrected chi connectivity index (χ1v) is 15.3. The van der Waals surface area contributed by atoms with Crippen LogP contribution in [-0.4, -0.2) is 25.6 Å². The summed E-state index contributed by atoms with van der Waals surface area (Å²) < 4.78 is 44.8. The summed E-state index contributed by atoms with van der Waals surface area (Å²) in [7, 11) is -4.19. The van der Waals surface area contributed by atoms with Crippen molar-refractivity contribution < 1.29 is 17.6 Å². The van der Waals surface area contributed by atoms with Gasteiger partial charge in [0.2, 0.25) is 5.90 Å². The quantitative estimate of drug-likeness (QED) is 0.211. The first kappa shape index (κ1) is 26.7. The van der Waals surface area contributed by atoms with Gasteiger partial charge in [-0.1, -0.05) is 96.6 Å². The van der Waals surface area contributed by atoms with Gasteiger partial charge < -0.3 is 9.15 Å². The molecule has 1 spiro atoms. The average molecular weight is 586 g/mol. The Hall–Kier alpha value is -5.21. The lowest BCUT2D eigenvalue weighted by Crippen LogP contribution is -2.51. The second-order valence-corrected chi connectivity index (χ2v) is 12.0. The molecule has 0 saturated heterocycles. The third-order valence-corrected chi connectivity index (χ3v) is 8.92. The van der Waals surface area contributed by atoms with Crippen molar-refractivity contribution in [3.8, 4) is 0 Å². The topological polar surface area (TPSA) is 84.5 Å². The summed E-state index contributed by atoms with van der Waals surface area (Å²) in [5, 5.41) is 6.99. The highest BCUT2D eigenvalue weighted by atomic mass is 32.2. The number of anilines is 1. The van der Waals surface area contributed by atoms with E-state index < -0.39 is 21.5 Å². The zero-order chi connectivity index (χ0) is 29.4. The molecule has 2 aliphatic rings. The highest BCUT2D eigenvalue weighted by molar-refractivity contribution is 7.90. The number of aryl methyl sites for hydroxylation is 1. The van der Waals surface area contributed by atoms with E-state index in [1.165, 1.54) is 0 Å². The lowest BCUT2D eigenvalue weighted by atomic mass is 9.77. The Morgan fingerprint density at radius 3 is 2.02 bits per heavy atom. The van der Waals surface area contributed by atoms with Crippen molar-refractivity contribution >= 4 is 33.1 Å². The lowest BCUT2D eigenvalue weighted by Gasteiger charge is -2.35. The van der Waals surface area contributed by atoms with Gasteiger partial charge in [0.1, 0.15) is 11.5 Å². The maximum Gasteiger partial charge on any atom is 0.285 e. The molecule has 2 atom stereocenters. The fourth-order valence-electron chi connectivity index (χ4n) is 5.60. The van der Waals surface area contributed by atoms with Gasteiger partial charge in [0.05, 0.1) is 28.5 Å². The van der Waals surface area contributed by atoms with E-state index in [2.05, 4.69) is 4.40 Å². The van der Waals surface area contributed by atoms with Crippen LogP contribution >= 0.6 is 0 Å². The highest BCUT2D eigenvalue weighted by Gasteiger charge is 2.61. The third kappa shape index (κ3) is 4.66. The Bertz CT molecular complexity index is 1950. The molecule has 0 aliphatic carbocycles. The van der Waals surface area contributed by atoms with E-state index in [0.29, 0.717) is 17.2 Å². The molecule has 43 heavy (non-hydrogen) atoms. The predicted molar refractivity (Wildman–Crippen MR) is 167 cm³/mol. The lowest BCUT2D eigenvalue weighted by molar-refractivity contribution is 0.436. The molecule has 0 bridgehead atoms. The van der Waals surface area contributed by atoms with Crippen molar-refractivity contribution in [2.45, 2.75) is 23.3 Å². The molecule has 4 aromatic carbocycles. The second-order valence-electron chi connectivity index (χ2n) is 10.4. The summed E-state index contributed by atoms with van der Waals surface area (Å²) in [6.07, 6.45) is 3.53. The Balaban J connectivity index is 1.53. The molecule has 1 aromatic heterocycles. The molecule has 2 aliphatic heterocycles. The summed E-state index contributed by atoms with van der Waals surface area (Å²) in [6, 6.07) is 39.3. The molecule has 0 saturated carbocycles. The van der Waals surface area contributed by atoms with Crippen LogP contribution in [0.1, 0.15) is 28.4 Å². The zero-order valence-corrected chi connectivity index (χ0v) is 24.1. The summed E-state index contributed by atoms with van der Waals surface area (Å²) in [5.74, 6) is 0.432. The normalized spacial score (nSPS) is 20.7. The molecule has 0 N–H and O–H groups in total. The summed E-state index contributed by atoms with van der Waals surface area (Å²) in [5.41, 5.74) is 2.68. The average Bonchev–Trinajstić information content (AvgIpc) is 3.77. The van der Waals surface area contributed by atoms with Crippen LogP contribution in [-0.2, 0) is 14.8 Å². The third-order valence-electron chi connectivity index (χ3n) is 7.65. The van der Waals surface area contributed by atoms with Crippen molar-refractivity contribution in [3.05, 3.63) is 162 Å². The molecule has 0 radical (unpaired) electrons. The minimum absolute atomic E-state index is 0.0214. The SMILES string of the molecule is Cc1ccc(S(=O)(=O)/N=C2\OC(c3ccccc3)=CC23C(c2ccco2)C(c2ccccc2)=NN3c2ccccc2)cc1. The summed E-state index contributed by atoms with van der Waals surface area (Å²) >= 11 is 0. The van der Waals surface area contributed by atoms with Gasteiger partial charge in [-0.25, -0.2) is 5.01 Å². The number of nitrogens with zero attached hydrogens (tertiary/aromatic N) is 3. The molecular formula is C35H27N3O4S. The molecule has 0 fully saturated rings. The van der Waals surface area contributed by atoms with Crippen molar-refractivity contribution in [1.29, 1.82) is 0 Å². The Morgan fingerprint density at radius 2 is 1.40 bits per heavy atom. The van der Waals surface area contributed by atoms with Crippen LogP contribution < -0.4 is 5.01 Å². The van der Waals surface area contributed by atoms with Crippen molar-refractivity contribution in [3.63, 3.8) is 0 Å². The predicted octanol–water partition coefficient (Wildman–Crippen LogP) is 7.19. The summed E-state index contributed by atoms with van der Waals surface area (Å²) in [6.45, 7) is 1.90. The van der Waals surface area contributed by atoms with Crippen LogP contribution in [0.25, 0.3) is 5.76 Å². The van der Waals surface area contributed by atoms with Gasteiger partial charge in [-0.15, -0.1) is 4.40 Å². The molecule has 3 heterocycles. The van der Waals surface area contributed by atoms with Gasteiger partial charge in [-0.3, -0.25) is 0 Å². The number of sulfonamides is 1. The van der Waals surface area contributed by atoms with E-state index in [1.54, 1.807) is 30.5 Å². The van der Waals surface area contributed by atoms with Crippen LogP contribution in [0.4, 0.5) is 5.69 Å². The second kappa shape index (κ2) is 10.6. The maximum absolute atomic E-state index is 13.9. The zero-order valence-electron chi connectivity index (χ0n) is 23.2. The number of rotatable bonds is 6. The molecule has 212 valence electrons. The van der Waals surface area contributed by atoms with E-state index in [4.69, 9.17) is 14.3 Å². The van der Waals surface area contributed by atoms with Crippen LogP contribution in [0.5, 0.6) is 0 Å². The van der Waals surface area contributed by atoms with E-state index >= 15 is 0 Å². The van der Waals surface area contributed by atoms with Crippen molar-refractivity contribution in [1.82, 2.24) is 0 Å². The number of hydrogen-bond acceptors (Lipinski definition) is 6. The van der Waals surface area contributed by atoms with Gasteiger partial charge in [0.25, 0.3) is 10.0 Å². The Morgan fingerprint density at radius 1 is 0.767 bits per heavy atom. The standard InChI is InChI=1S/C35H27N3O4S/c1-25-19-21-29(22-20-25)43(39,40)37-34-35(24-31(42-34)26-12-5-2-6-13-26)32(30-18-11-23-41-30)33(27-14-7-3-8-15-27)36-38(35)28-16-9-4-10-17-28/h2-24,32H,1H3/b37-34-. The van der Waals surface area contributed by atoms with E-state index in [0.717, 1.165) is 22.4 Å². The Kier molecular flexibility index (Phi) is 6.55. The van der Waals surface area contributed by atoms with Gasteiger partial charge >= 0.3 is 0 Å².